The fraction of sp³-hybridized carbons (Fsp3) is 0.188. The second-order valence-electron chi connectivity index (χ2n) is 4.93. The smallest absolute Gasteiger partial charge is 0.149 e. The van der Waals surface area contributed by atoms with Crippen LogP contribution in [0.15, 0.2) is 42.7 Å². The summed E-state index contributed by atoms with van der Waals surface area (Å²) in [5, 5.41) is 8.81. The van der Waals surface area contributed by atoms with Gasteiger partial charge in [-0.15, -0.1) is 0 Å². The lowest BCUT2D eigenvalue weighted by Gasteiger charge is -2.12. The van der Waals surface area contributed by atoms with E-state index in [4.69, 9.17) is 11.1 Å². The van der Waals surface area contributed by atoms with Crippen molar-refractivity contribution in [2.75, 3.05) is 0 Å². The summed E-state index contributed by atoms with van der Waals surface area (Å²) in [4.78, 5) is 9.06. The Morgan fingerprint density at radius 3 is 2.90 bits per heavy atom. The van der Waals surface area contributed by atoms with E-state index in [-0.39, 0.29) is 5.84 Å². The fourth-order valence-electron chi connectivity index (χ4n) is 2.42. The molecule has 0 spiro atoms. The SMILES string of the molecule is CCCc1nccn1-c1nc2ccccc2cc1C(=N)N. The molecule has 0 aliphatic carbocycles. The molecule has 3 aromatic rings. The molecule has 0 aliphatic heterocycles. The molecule has 106 valence electrons. The molecule has 5 heteroatoms. The molecule has 3 N–H and O–H groups in total. The van der Waals surface area contributed by atoms with Gasteiger partial charge in [-0.05, 0) is 18.6 Å². The van der Waals surface area contributed by atoms with Crippen molar-refractivity contribution < 1.29 is 0 Å². The number of aromatic nitrogens is 3. The Balaban J connectivity index is 2.26. The second kappa shape index (κ2) is 5.36. The number of hydrogen-bond acceptors (Lipinski definition) is 3. The molecule has 0 amide bonds. The predicted molar refractivity (Wildman–Crippen MR) is 83.9 cm³/mol. The summed E-state index contributed by atoms with van der Waals surface area (Å²) in [5.74, 6) is 1.62. The van der Waals surface area contributed by atoms with Gasteiger partial charge in [0, 0.05) is 24.2 Å². The second-order valence-corrected chi connectivity index (χ2v) is 4.93. The molecule has 0 atom stereocenters. The van der Waals surface area contributed by atoms with Gasteiger partial charge in [-0.2, -0.15) is 0 Å². The standard InChI is InChI=1S/C16H17N5/c1-2-5-14-19-8-9-21(14)16-12(15(17)18)10-11-6-3-4-7-13(11)20-16/h3-4,6-10H,2,5H2,1H3,(H3,17,18). The van der Waals surface area contributed by atoms with Gasteiger partial charge in [0.05, 0.1) is 11.1 Å². The zero-order valence-electron chi connectivity index (χ0n) is 11.9. The molecule has 3 rings (SSSR count). The van der Waals surface area contributed by atoms with Crippen LogP contribution in [0.25, 0.3) is 16.7 Å². The summed E-state index contributed by atoms with van der Waals surface area (Å²) >= 11 is 0. The van der Waals surface area contributed by atoms with Crippen molar-refractivity contribution in [2.24, 2.45) is 5.73 Å². The Morgan fingerprint density at radius 1 is 1.33 bits per heavy atom. The average molecular weight is 279 g/mol. The first kappa shape index (κ1) is 13.3. The van der Waals surface area contributed by atoms with Gasteiger partial charge in [0.25, 0.3) is 0 Å². The number of nitrogens with two attached hydrogens (primary N) is 1. The number of nitrogens with zero attached hydrogens (tertiary/aromatic N) is 3. The summed E-state index contributed by atoms with van der Waals surface area (Å²) in [6.07, 6.45) is 5.49. The number of pyridine rings is 1. The largest absolute Gasteiger partial charge is 0.384 e. The van der Waals surface area contributed by atoms with Crippen molar-refractivity contribution in [1.82, 2.24) is 14.5 Å². The van der Waals surface area contributed by atoms with Crippen molar-refractivity contribution in [3.05, 3.63) is 54.1 Å². The molecule has 2 aromatic heterocycles. The molecular weight excluding hydrogens is 262 g/mol. The van der Waals surface area contributed by atoms with E-state index in [9.17, 15) is 0 Å². The molecule has 0 radical (unpaired) electrons. The quantitative estimate of drug-likeness (QED) is 0.569. The van der Waals surface area contributed by atoms with Crippen LogP contribution in [0.4, 0.5) is 0 Å². The molecule has 0 fully saturated rings. The summed E-state index contributed by atoms with van der Waals surface area (Å²) < 4.78 is 1.92. The van der Waals surface area contributed by atoms with Crippen LogP contribution in [-0.2, 0) is 6.42 Å². The molecule has 0 saturated carbocycles. The highest BCUT2D eigenvalue weighted by Gasteiger charge is 2.14. The first-order valence-corrected chi connectivity index (χ1v) is 6.97. The van der Waals surface area contributed by atoms with Crippen molar-refractivity contribution >= 4 is 16.7 Å². The van der Waals surface area contributed by atoms with E-state index < -0.39 is 0 Å². The van der Waals surface area contributed by atoms with Crippen LogP contribution < -0.4 is 5.73 Å². The summed E-state index contributed by atoms with van der Waals surface area (Å²) in [5.41, 5.74) is 7.26. The van der Waals surface area contributed by atoms with Crippen molar-refractivity contribution in [2.45, 2.75) is 19.8 Å². The van der Waals surface area contributed by atoms with E-state index in [1.165, 1.54) is 0 Å². The van der Waals surface area contributed by atoms with Gasteiger partial charge in [0.2, 0.25) is 0 Å². The number of amidine groups is 1. The number of nitrogens with one attached hydrogen (secondary N) is 1. The van der Waals surface area contributed by atoms with Crippen LogP contribution in [0.1, 0.15) is 24.7 Å². The summed E-state index contributed by atoms with van der Waals surface area (Å²) in [6, 6.07) is 9.75. The Hall–Kier alpha value is -2.69. The van der Waals surface area contributed by atoms with Crippen molar-refractivity contribution in [1.29, 1.82) is 5.41 Å². The highest BCUT2D eigenvalue weighted by molar-refractivity contribution is 6.01. The van der Waals surface area contributed by atoms with E-state index in [2.05, 4.69) is 16.9 Å². The lowest BCUT2D eigenvalue weighted by atomic mass is 10.1. The lowest BCUT2D eigenvalue weighted by molar-refractivity contribution is 0.799. The van der Waals surface area contributed by atoms with Crippen LogP contribution in [-0.4, -0.2) is 20.4 Å². The van der Waals surface area contributed by atoms with E-state index in [0.717, 1.165) is 29.6 Å². The molecule has 2 heterocycles. The molecular formula is C16H17N5. The molecule has 1 aromatic carbocycles. The molecule has 0 unspecified atom stereocenters. The van der Waals surface area contributed by atoms with E-state index in [1.807, 2.05) is 41.1 Å². The number of nitrogen functional groups attached to an aromatic ring is 1. The van der Waals surface area contributed by atoms with Crippen molar-refractivity contribution in [3.8, 4) is 5.82 Å². The number of aryl methyl sites for hydroxylation is 1. The molecule has 0 saturated heterocycles. The van der Waals surface area contributed by atoms with Crippen LogP contribution in [0, 0.1) is 5.41 Å². The minimum Gasteiger partial charge on any atom is -0.384 e. The highest BCUT2D eigenvalue weighted by atomic mass is 15.1. The third-order valence-corrected chi connectivity index (χ3v) is 3.41. The molecule has 0 bridgehead atoms. The van der Waals surface area contributed by atoms with Gasteiger partial charge in [-0.1, -0.05) is 25.1 Å². The minimum atomic E-state index is 0.0133. The minimum absolute atomic E-state index is 0.0133. The van der Waals surface area contributed by atoms with E-state index in [1.54, 1.807) is 6.20 Å². The van der Waals surface area contributed by atoms with Gasteiger partial charge in [0.1, 0.15) is 17.5 Å². The topological polar surface area (TPSA) is 80.6 Å². The summed E-state index contributed by atoms with van der Waals surface area (Å²) in [7, 11) is 0. The Bertz CT molecular complexity index is 803. The number of para-hydroxylation sites is 1. The molecule has 5 nitrogen and oxygen atoms in total. The van der Waals surface area contributed by atoms with Crippen LogP contribution in [0.2, 0.25) is 0 Å². The molecule has 21 heavy (non-hydrogen) atoms. The highest BCUT2D eigenvalue weighted by Crippen LogP contribution is 2.21. The van der Waals surface area contributed by atoms with Gasteiger partial charge in [-0.25, -0.2) is 9.97 Å². The zero-order chi connectivity index (χ0) is 14.8. The monoisotopic (exact) mass is 279 g/mol. The number of fused-ring (bicyclic) bond motifs is 1. The predicted octanol–water partition coefficient (Wildman–Crippen LogP) is 2.66. The third kappa shape index (κ3) is 2.38. The Morgan fingerprint density at radius 2 is 2.14 bits per heavy atom. The molecule has 0 aliphatic rings. The van der Waals surface area contributed by atoms with E-state index in [0.29, 0.717) is 11.4 Å². The number of benzene rings is 1. The maximum Gasteiger partial charge on any atom is 0.149 e. The third-order valence-electron chi connectivity index (χ3n) is 3.41. The van der Waals surface area contributed by atoms with Crippen LogP contribution >= 0.6 is 0 Å². The lowest BCUT2D eigenvalue weighted by Crippen LogP contribution is -2.17. The normalized spacial score (nSPS) is 10.9. The number of imidazole rings is 1. The number of hydrogen-bond donors (Lipinski definition) is 2. The zero-order valence-corrected chi connectivity index (χ0v) is 11.9. The van der Waals surface area contributed by atoms with Crippen LogP contribution in [0.3, 0.4) is 0 Å². The summed E-state index contributed by atoms with van der Waals surface area (Å²) in [6.45, 7) is 2.11. The number of rotatable bonds is 4. The van der Waals surface area contributed by atoms with Gasteiger partial charge >= 0.3 is 0 Å². The maximum atomic E-state index is 7.83. The Labute approximate surface area is 123 Å². The first-order valence-electron chi connectivity index (χ1n) is 6.97. The van der Waals surface area contributed by atoms with Gasteiger partial charge < -0.3 is 5.73 Å². The fourth-order valence-corrected chi connectivity index (χ4v) is 2.42. The maximum absolute atomic E-state index is 7.83. The van der Waals surface area contributed by atoms with Gasteiger partial charge in [-0.3, -0.25) is 9.98 Å². The van der Waals surface area contributed by atoms with Crippen LogP contribution in [0.5, 0.6) is 0 Å². The van der Waals surface area contributed by atoms with Crippen molar-refractivity contribution in [3.63, 3.8) is 0 Å². The first-order chi connectivity index (χ1) is 10.2. The van der Waals surface area contributed by atoms with Gasteiger partial charge in [0.15, 0.2) is 0 Å². The Kier molecular flexibility index (Phi) is 3.39. The average Bonchev–Trinajstić information content (AvgIpc) is 2.94. The van der Waals surface area contributed by atoms with E-state index >= 15 is 0 Å².